The second-order valence-corrected chi connectivity index (χ2v) is 8.90. The third-order valence-corrected chi connectivity index (χ3v) is 6.37. The van der Waals surface area contributed by atoms with Gasteiger partial charge in [0.05, 0.1) is 5.69 Å². The fourth-order valence-electron chi connectivity index (χ4n) is 4.49. The summed E-state index contributed by atoms with van der Waals surface area (Å²) in [5, 5.41) is 4.78. The Morgan fingerprint density at radius 1 is 1.06 bits per heavy atom. The Hall–Kier alpha value is -3.67. The van der Waals surface area contributed by atoms with Crippen molar-refractivity contribution >= 4 is 34.2 Å². The SMILES string of the molecule is CCCCNC(=O)[C@@H](C)N(Cc1cccc(C)c1)C(=O)CN1C(=O)c2cccc3cccc1c23. The number of unbranched alkanes of at least 4 members (excludes halogenated alkanes) is 1. The van der Waals surface area contributed by atoms with Crippen molar-refractivity contribution in [2.75, 3.05) is 18.0 Å². The van der Waals surface area contributed by atoms with E-state index < -0.39 is 6.04 Å². The molecule has 1 atom stereocenters. The lowest BCUT2D eigenvalue weighted by Crippen LogP contribution is -2.51. The van der Waals surface area contributed by atoms with Gasteiger partial charge in [-0.05, 0) is 43.4 Å². The summed E-state index contributed by atoms with van der Waals surface area (Å²) in [6, 6.07) is 18.6. The Labute approximate surface area is 200 Å². The minimum atomic E-state index is -0.666. The first kappa shape index (κ1) is 23.5. The van der Waals surface area contributed by atoms with Crippen LogP contribution in [0.1, 0.15) is 48.2 Å². The summed E-state index contributed by atoms with van der Waals surface area (Å²) in [7, 11) is 0. The van der Waals surface area contributed by atoms with Gasteiger partial charge in [0.2, 0.25) is 11.8 Å². The fourth-order valence-corrected chi connectivity index (χ4v) is 4.49. The van der Waals surface area contributed by atoms with E-state index in [-0.39, 0.29) is 24.3 Å². The minimum Gasteiger partial charge on any atom is -0.354 e. The van der Waals surface area contributed by atoms with Crippen LogP contribution in [0.2, 0.25) is 0 Å². The molecule has 1 heterocycles. The maximum absolute atomic E-state index is 13.6. The monoisotopic (exact) mass is 457 g/mol. The van der Waals surface area contributed by atoms with Crippen molar-refractivity contribution in [2.24, 2.45) is 0 Å². The number of hydrogen-bond acceptors (Lipinski definition) is 3. The van der Waals surface area contributed by atoms with E-state index in [2.05, 4.69) is 12.2 Å². The molecule has 0 unspecified atom stereocenters. The van der Waals surface area contributed by atoms with Crippen molar-refractivity contribution in [2.45, 2.75) is 46.2 Å². The lowest BCUT2D eigenvalue weighted by Gasteiger charge is -2.30. The summed E-state index contributed by atoms with van der Waals surface area (Å²) in [6.07, 6.45) is 1.86. The highest BCUT2D eigenvalue weighted by molar-refractivity contribution is 6.26. The highest BCUT2D eigenvalue weighted by Crippen LogP contribution is 2.37. The van der Waals surface area contributed by atoms with Crippen LogP contribution in [0.3, 0.4) is 0 Å². The van der Waals surface area contributed by atoms with E-state index in [1.54, 1.807) is 17.9 Å². The fraction of sp³-hybridized carbons (Fsp3) is 0.321. The van der Waals surface area contributed by atoms with Crippen molar-refractivity contribution < 1.29 is 14.4 Å². The van der Waals surface area contributed by atoms with Crippen molar-refractivity contribution in [3.8, 4) is 0 Å². The summed E-state index contributed by atoms with van der Waals surface area (Å²) in [5.74, 6) is -0.638. The molecule has 34 heavy (non-hydrogen) atoms. The first-order valence-corrected chi connectivity index (χ1v) is 11.9. The van der Waals surface area contributed by atoms with Gasteiger partial charge in [-0.2, -0.15) is 0 Å². The summed E-state index contributed by atoms with van der Waals surface area (Å²) in [6.45, 7) is 6.56. The molecule has 0 fully saturated rings. The number of hydrogen-bond donors (Lipinski definition) is 1. The molecular formula is C28H31N3O3. The van der Waals surface area contributed by atoms with E-state index in [1.807, 2.05) is 61.5 Å². The molecule has 176 valence electrons. The predicted molar refractivity (Wildman–Crippen MR) is 135 cm³/mol. The van der Waals surface area contributed by atoms with Gasteiger partial charge in [-0.25, -0.2) is 0 Å². The van der Waals surface area contributed by atoms with Gasteiger partial charge < -0.3 is 10.2 Å². The van der Waals surface area contributed by atoms with Crippen LogP contribution in [0, 0.1) is 6.92 Å². The molecule has 1 aliphatic rings. The van der Waals surface area contributed by atoms with Crippen LogP contribution < -0.4 is 10.2 Å². The molecular weight excluding hydrogens is 426 g/mol. The number of benzene rings is 3. The number of aryl methyl sites for hydroxylation is 1. The third kappa shape index (κ3) is 4.67. The number of nitrogens with zero attached hydrogens (tertiary/aromatic N) is 2. The van der Waals surface area contributed by atoms with Crippen LogP contribution >= 0.6 is 0 Å². The zero-order valence-corrected chi connectivity index (χ0v) is 20.0. The van der Waals surface area contributed by atoms with Crippen molar-refractivity contribution in [3.05, 3.63) is 77.4 Å². The summed E-state index contributed by atoms with van der Waals surface area (Å²) in [5.41, 5.74) is 3.37. The highest BCUT2D eigenvalue weighted by atomic mass is 16.2. The molecule has 3 aromatic rings. The first-order chi connectivity index (χ1) is 16.4. The average molecular weight is 458 g/mol. The molecule has 1 aliphatic heterocycles. The minimum absolute atomic E-state index is 0.120. The second-order valence-electron chi connectivity index (χ2n) is 8.90. The van der Waals surface area contributed by atoms with Gasteiger partial charge in [0.25, 0.3) is 5.91 Å². The van der Waals surface area contributed by atoms with Crippen LogP contribution in [-0.2, 0) is 16.1 Å². The third-order valence-electron chi connectivity index (χ3n) is 6.37. The van der Waals surface area contributed by atoms with Gasteiger partial charge in [-0.3, -0.25) is 19.3 Å². The van der Waals surface area contributed by atoms with E-state index >= 15 is 0 Å². The summed E-state index contributed by atoms with van der Waals surface area (Å²) < 4.78 is 0. The molecule has 0 saturated carbocycles. The average Bonchev–Trinajstić information content (AvgIpc) is 3.10. The molecule has 0 spiro atoms. The highest BCUT2D eigenvalue weighted by Gasteiger charge is 2.34. The zero-order valence-electron chi connectivity index (χ0n) is 20.0. The molecule has 6 heteroatoms. The Morgan fingerprint density at radius 3 is 2.53 bits per heavy atom. The first-order valence-electron chi connectivity index (χ1n) is 11.9. The van der Waals surface area contributed by atoms with Crippen LogP contribution in [-0.4, -0.2) is 41.8 Å². The standard InChI is InChI=1S/C28H31N3O3/c1-4-5-15-29-27(33)20(3)30(17-21-10-6-9-19(2)16-21)25(32)18-31-24-14-8-12-22-11-7-13-23(26(22)24)28(31)34/h6-14,16,20H,4-5,15,17-18H2,1-3H3,(H,29,33)/t20-/m1/s1. The molecule has 0 saturated heterocycles. The number of nitrogens with one attached hydrogen (secondary N) is 1. The Balaban J connectivity index is 1.60. The van der Waals surface area contributed by atoms with E-state index in [0.717, 1.165) is 40.4 Å². The van der Waals surface area contributed by atoms with Crippen LogP contribution in [0.15, 0.2) is 60.7 Å². The molecule has 6 nitrogen and oxygen atoms in total. The predicted octanol–water partition coefficient (Wildman–Crippen LogP) is 4.44. The summed E-state index contributed by atoms with van der Waals surface area (Å²) in [4.78, 5) is 42.8. The molecule has 3 aromatic carbocycles. The van der Waals surface area contributed by atoms with Crippen LogP contribution in [0.5, 0.6) is 0 Å². The van der Waals surface area contributed by atoms with Crippen molar-refractivity contribution in [1.82, 2.24) is 10.2 Å². The smallest absolute Gasteiger partial charge is 0.259 e. The van der Waals surface area contributed by atoms with Crippen molar-refractivity contribution in [3.63, 3.8) is 0 Å². The molecule has 1 N–H and O–H groups in total. The van der Waals surface area contributed by atoms with Gasteiger partial charge in [-0.15, -0.1) is 0 Å². The van der Waals surface area contributed by atoms with E-state index in [0.29, 0.717) is 18.7 Å². The van der Waals surface area contributed by atoms with Crippen LogP contribution in [0.4, 0.5) is 5.69 Å². The number of anilines is 1. The maximum atomic E-state index is 13.6. The Kier molecular flexibility index (Phi) is 6.96. The van der Waals surface area contributed by atoms with Crippen LogP contribution in [0.25, 0.3) is 10.8 Å². The van der Waals surface area contributed by atoms with E-state index in [9.17, 15) is 14.4 Å². The summed E-state index contributed by atoms with van der Waals surface area (Å²) >= 11 is 0. The van der Waals surface area contributed by atoms with Gasteiger partial charge in [-0.1, -0.05) is 67.4 Å². The number of carbonyl (C=O) groups excluding carboxylic acids is 3. The molecule has 0 aromatic heterocycles. The zero-order chi connectivity index (χ0) is 24.2. The molecule has 0 bridgehead atoms. The van der Waals surface area contributed by atoms with E-state index in [4.69, 9.17) is 0 Å². The van der Waals surface area contributed by atoms with Crippen molar-refractivity contribution in [1.29, 1.82) is 0 Å². The van der Waals surface area contributed by atoms with Gasteiger partial charge in [0.1, 0.15) is 12.6 Å². The second kappa shape index (κ2) is 10.1. The topological polar surface area (TPSA) is 69.7 Å². The number of amides is 3. The normalized spacial score (nSPS) is 13.3. The molecule has 0 radical (unpaired) electrons. The van der Waals surface area contributed by atoms with Gasteiger partial charge in [0.15, 0.2) is 0 Å². The number of carbonyl (C=O) groups is 3. The van der Waals surface area contributed by atoms with Gasteiger partial charge in [0, 0.05) is 24.0 Å². The Morgan fingerprint density at radius 2 is 1.79 bits per heavy atom. The van der Waals surface area contributed by atoms with E-state index in [1.165, 1.54) is 4.90 Å². The lowest BCUT2D eigenvalue weighted by molar-refractivity contribution is -0.139. The number of rotatable bonds is 9. The largest absolute Gasteiger partial charge is 0.354 e. The lowest BCUT2D eigenvalue weighted by atomic mass is 10.1. The quantitative estimate of drug-likeness (QED) is 0.483. The molecule has 0 aliphatic carbocycles. The maximum Gasteiger partial charge on any atom is 0.259 e. The molecule has 4 rings (SSSR count). The Bertz CT molecular complexity index is 1230. The molecule has 3 amide bonds. The van der Waals surface area contributed by atoms with Gasteiger partial charge >= 0.3 is 0 Å².